The molecule has 1 aliphatic heterocycles. The number of aromatic nitrogens is 1. The van der Waals surface area contributed by atoms with Crippen LogP contribution in [0.4, 0.5) is 5.69 Å². The predicted molar refractivity (Wildman–Crippen MR) is 108 cm³/mol. The second kappa shape index (κ2) is 8.19. The van der Waals surface area contributed by atoms with Crippen LogP contribution in [0.25, 0.3) is 0 Å². The van der Waals surface area contributed by atoms with Crippen molar-refractivity contribution in [3.8, 4) is 0 Å². The fraction of sp³-hybridized carbons (Fsp3) is 0.450. The number of hydrogen-bond donors (Lipinski definition) is 2. The van der Waals surface area contributed by atoms with Gasteiger partial charge in [0.2, 0.25) is 0 Å². The van der Waals surface area contributed by atoms with Crippen molar-refractivity contribution in [3.05, 3.63) is 45.4 Å². The number of rotatable bonds is 4. The number of amides is 2. The van der Waals surface area contributed by atoms with Gasteiger partial charge in [-0.1, -0.05) is 19.9 Å². The minimum atomic E-state index is -0.293. The normalized spacial score (nSPS) is 19.8. The number of anilines is 1. The highest BCUT2D eigenvalue weighted by Gasteiger charge is 2.26. The highest BCUT2D eigenvalue weighted by Crippen LogP contribution is 2.24. The van der Waals surface area contributed by atoms with Gasteiger partial charge in [0.05, 0.1) is 0 Å². The SMILES string of the molecule is Cc1ccc(C(=O)N2CC(C)CC(C)C2)cc1NC(=O)c1csc(CN)n1. The Labute approximate surface area is 163 Å². The molecule has 144 valence electrons. The van der Waals surface area contributed by atoms with Gasteiger partial charge in [-0.2, -0.15) is 0 Å². The van der Waals surface area contributed by atoms with Crippen LogP contribution >= 0.6 is 11.3 Å². The molecule has 2 amide bonds. The van der Waals surface area contributed by atoms with Crippen molar-refractivity contribution in [1.29, 1.82) is 0 Å². The number of nitrogens with zero attached hydrogens (tertiary/aromatic N) is 2. The maximum absolute atomic E-state index is 12.9. The summed E-state index contributed by atoms with van der Waals surface area (Å²) in [4.78, 5) is 31.5. The molecule has 2 unspecified atom stereocenters. The fourth-order valence-corrected chi connectivity index (χ4v) is 4.25. The van der Waals surface area contributed by atoms with Crippen molar-refractivity contribution in [3.63, 3.8) is 0 Å². The van der Waals surface area contributed by atoms with E-state index in [1.165, 1.54) is 11.3 Å². The third-order valence-electron chi connectivity index (χ3n) is 4.85. The minimum Gasteiger partial charge on any atom is -0.338 e. The summed E-state index contributed by atoms with van der Waals surface area (Å²) in [5.41, 5.74) is 8.02. The molecule has 3 rings (SSSR count). The Morgan fingerprint density at radius 3 is 2.63 bits per heavy atom. The first-order valence-electron chi connectivity index (χ1n) is 9.23. The molecule has 1 aromatic carbocycles. The van der Waals surface area contributed by atoms with E-state index in [0.717, 1.165) is 25.1 Å². The zero-order valence-corrected chi connectivity index (χ0v) is 16.8. The monoisotopic (exact) mass is 386 g/mol. The molecule has 0 spiro atoms. The molecule has 6 nitrogen and oxygen atoms in total. The second-order valence-corrected chi connectivity index (χ2v) is 8.41. The Kier molecular flexibility index (Phi) is 5.92. The lowest BCUT2D eigenvalue weighted by Gasteiger charge is -2.35. The van der Waals surface area contributed by atoms with Crippen LogP contribution in [-0.2, 0) is 6.54 Å². The number of hydrogen-bond acceptors (Lipinski definition) is 5. The van der Waals surface area contributed by atoms with Gasteiger partial charge in [0.15, 0.2) is 0 Å². The number of benzene rings is 1. The van der Waals surface area contributed by atoms with Gasteiger partial charge < -0.3 is 16.0 Å². The Bertz CT molecular complexity index is 838. The van der Waals surface area contributed by atoms with E-state index >= 15 is 0 Å². The van der Waals surface area contributed by atoms with Crippen LogP contribution in [0.5, 0.6) is 0 Å². The fourth-order valence-electron chi connectivity index (χ4n) is 3.60. The molecule has 1 aliphatic rings. The van der Waals surface area contributed by atoms with Crippen molar-refractivity contribution in [2.24, 2.45) is 17.6 Å². The van der Waals surface area contributed by atoms with Crippen LogP contribution in [0.2, 0.25) is 0 Å². The summed E-state index contributed by atoms with van der Waals surface area (Å²) in [5, 5.41) is 5.28. The van der Waals surface area contributed by atoms with Crippen molar-refractivity contribution in [1.82, 2.24) is 9.88 Å². The number of carbonyl (C=O) groups excluding carboxylic acids is 2. The van der Waals surface area contributed by atoms with Gasteiger partial charge in [0, 0.05) is 36.3 Å². The van der Waals surface area contributed by atoms with Gasteiger partial charge in [-0.05, 0) is 42.9 Å². The number of aryl methyl sites for hydroxylation is 1. The number of nitrogens with one attached hydrogen (secondary N) is 1. The van der Waals surface area contributed by atoms with E-state index in [1.54, 1.807) is 11.4 Å². The number of nitrogens with two attached hydrogens (primary N) is 1. The van der Waals surface area contributed by atoms with E-state index in [1.807, 2.05) is 24.0 Å². The third-order valence-corrected chi connectivity index (χ3v) is 5.72. The van der Waals surface area contributed by atoms with E-state index in [9.17, 15) is 9.59 Å². The molecule has 1 saturated heterocycles. The van der Waals surface area contributed by atoms with E-state index < -0.39 is 0 Å². The molecular formula is C20H26N4O2S. The lowest BCUT2D eigenvalue weighted by Crippen LogP contribution is -2.42. The molecule has 27 heavy (non-hydrogen) atoms. The van der Waals surface area contributed by atoms with Gasteiger partial charge in [0.1, 0.15) is 10.7 Å². The number of piperidine rings is 1. The molecule has 3 N–H and O–H groups in total. The summed E-state index contributed by atoms with van der Waals surface area (Å²) >= 11 is 1.36. The molecule has 2 aromatic rings. The summed E-state index contributed by atoms with van der Waals surface area (Å²) in [6.07, 6.45) is 1.15. The van der Waals surface area contributed by atoms with Gasteiger partial charge in [-0.25, -0.2) is 4.98 Å². The van der Waals surface area contributed by atoms with Crippen LogP contribution in [0.1, 0.15) is 51.7 Å². The first kappa shape index (κ1) is 19.5. The molecular weight excluding hydrogens is 360 g/mol. The van der Waals surface area contributed by atoms with Crippen molar-refractivity contribution < 1.29 is 9.59 Å². The van der Waals surface area contributed by atoms with E-state index in [4.69, 9.17) is 5.73 Å². The summed E-state index contributed by atoms with van der Waals surface area (Å²) in [7, 11) is 0. The summed E-state index contributed by atoms with van der Waals surface area (Å²) < 4.78 is 0. The topological polar surface area (TPSA) is 88.3 Å². The lowest BCUT2D eigenvalue weighted by atomic mass is 9.91. The van der Waals surface area contributed by atoms with Crippen LogP contribution in [0.15, 0.2) is 23.6 Å². The zero-order valence-electron chi connectivity index (χ0n) is 16.0. The van der Waals surface area contributed by atoms with Gasteiger partial charge in [-0.3, -0.25) is 9.59 Å². The average molecular weight is 387 g/mol. The first-order valence-corrected chi connectivity index (χ1v) is 10.1. The maximum Gasteiger partial charge on any atom is 0.275 e. The second-order valence-electron chi connectivity index (χ2n) is 7.47. The highest BCUT2D eigenvalue weighted by molar-refractivity contribution is 7.09. The maximum atomic E-state index is 12.9. The average Bonchev–Trinajstić information content (AvgIpc) is 3.11. The van der Waals surface area contributed by atoms with Gasteiger partial charge in [-0.15, -0.1) is 11.3 Å². The summed E-state index contributed by atoms with van der Waals surface area (Å²) in [6.45, 7) is 8.13. The summed E-state index contributed by atoms with van der Waals surface area (Å²) in [5.74, 6) is 0.731. The van der Waals surface area contributed by atoms with Crippen LogP contribution in [0.3, 0.4) is 0 Å². The molecule has 7 heteroatoms. The summed E-state index contributed by atoms with van der Waals surface area (Å²) in [6, 6.07) is 5.45. The van der Waals surface area contributed by atoms with Crippen LogP contribution in [-0.4, -0.2) is 34.8 Å². The zero-order chi connectivity index (χ0) is 19.6. The Balaban J connectivity index is 1.77. The van der Waals surface area contributed by atoms with Gasteiger partial charge >= 0.3 is 0 Å². The molecule has 0 bridgehead atoms. The smallest absolute Gasteiger partial charge is 0.275 e. The van der Waals surface area contributed by atoms with E-state index in [-0.39, 0.29) is 11.8 Å². The Morgan fingerprint density at radius 2 is 2.00 bits per heavy atom. The van der Waals surface area contributed by atoms with Crippen LogP contribution < -0.4 is 11.1 Å². The molecule has 1 aromatic heterocycles. The van der Waals surface area contributed by atoms with Crippen LogP contribution in [0, 0.1) is 18.8 Å². The van der Waals surface area contributed by atoms with E-state index in [0.29, 0.717) is 40.3 Å². The highest BCUT2D eigenvalue weighted by atomic mass is 32.1. The number of thiazole rings is 1. The number of carbonyl (C=O) groups is 2. The van der Waals surface area contributed by atoms with Crippen molar-refractivity contribution >= 4 is 28.8 Å². The standard InChI is InChI=1S/C20H26N4O2S/c1-12-6-13(2)10-24(9-12)20(26)15-5-4-14(3)16(7-15)23-19(25)17-11-27-18(8-21)22-17/h4-5,7,11-13H,6,8-10,21H2,1-3H3,(H,23,25). The lowest BCUT2D eigenvalue weighted by molar-refractivity contribution is 0.0623. The molecule has 1 fully saturated rings. The van der Waals surface area contributed by atoms with E-state index in [2.05, 4.69) is 24.1 Å². The van der Waals surface area contributed by atoms with Crippen molar-refractivity contribution in [2.45, 2.75) is 33.7 Å². The molecule has 0 aliphatic carbocycles. The first-order chi connectivity index (χ1) is 12.9. The minimum absolute atomic E-state index is 0.0166. The Morgan fingerprint density at radius 1 is 1.30 bits per heavy atom. The molecule has 0 saturated carbocycles. The Hall–Kier alpha value is -2.25. The molecule has 0 radical (unpaired) electrons. The predicted octanol–water partition coefficient (Wildman–Crippen LogP) is 3.28. The number of likely N-dealkylation sites (tertiary alicyclic amines) is 1. The largest absolute Gasteiger partial charge is 0.338 e. The van der Waals surface area contributed by atoms with Gasteiger partial charge in [0.25, 0.3) is 11.8 Å². The molecule has 2 atom stereocenters. The third kappa shape index (κ3) is 4.54. The molecule has 2 heterocycles. The quantitative estimate of drug-likeness (QED) is 0.844. The van der Waals surface area contributed by atoms with Crippen molar-refractivity contribution in [2.75, 3.05) is 18.4 Å².